The maximum Gasteiger partial charge on any atom is 0.118 e. The second-order valence-corrected chi connectivity index (χ2v) is 8.86. The van der Waals surface area contributed by atoms with Gasteiger partial charge in [-0.1, -0.05) is 26.5 Å². The molecule has 4 N–H and O–H groups in total. The first-order chi connectivity index (χ1) is 11.3. The molecular formula is C20H34O5. The molecule has 5 heteroatoms. The highest BCUT2D eigenvalue weighted by molar-refractivity contribution is 5.25. The molecule has 0 spiro atoms. The lowest BCUT2D eigenvalue weighted by molar-refractivity contribution is -0.178. The molecule has 5 nitrogen and oxygen atoms in total. The summed E-state index contributed by atoms with van der Waals surface area (Å²) in [6.07, 6.45) is 1.38. The SMILES string of the molecule is C=C1CCC(O)(C(C)C)CC1OC1CC(C(C)(C)O)=CC(O)C1(C)O. The number of aliphatic hydroxyl groups excluding tert-OH is 1. The second-order valence-electron chi connectivity index (χ2n) is 8.86. The summed E-state index contributed by atoms with van der Waals surface area (Å²) >= 11 is 0. The van der Waals surface area contributed by atoms with Gasteiger partial charge in [-0.2, -0.15) is 0 Å². The third-order valence-electron chi connectivity index (χ3n) is 6.08. The Bertz CT molecular complexity index is 543. The number of hydrogen-bond acceptors (Lipinski definition) is 5. The van der Waals surface area contributed by atoms with E-state index in [1.807, 2.05) is 13.8 Å². The molecule has 2 aliphatic rings. The zero-order chi connectivity index (χ0) is 19.2. The first-order valence-electron chi connectivity index (χ1n) is 9.17. The zero-order valence-corrected chi connectivity index (χ0v) is 16.1. The summed E-state index contributed by atoms with van der Waals surface area (Å²) in [5.74, 6) is 0.0935. The van der Waals surface area contributed by atoms with Gasteiger partial charge < -0.3 is 25.2 Å². The van der Waals surface area contributed by atoms with Gasteiger partial charge in [0, 0.05) is 12.8 Å². The molecule has 1 fully saturated rings. The van der Waals surface area contributed by atoms with Crippen LogP contribution in [0.4, 0.5) is 0 Å². The Hall–Kier alpha value is -0.720. The van der Waals surface area contributed by atoms with Crippen molar-refractivity contribution >= 4 is 0 Å². The summed E-state index contributed by atoms with van der Waals surface area (Å²) in [6, 6.07) is 0. The van der Waals surface area contributed by atoms with Crippen molar-refractivity contribution in [1.82, 2.24) is 0 Å². The van der Waals surface area contributed by atoms with E-state index in [0.717, 1.165) is 5.57 Å². The van der Waals surface area contributed by atoms with Crippen LogP contribution >= 0.6 is 0 Å². The quantitative estimate of drug-likeness (QED) is 0.581. The first-order valence-corrected chi connectivity index (χ1v) is 9.17. The normalized spacial score (nSPS) is 40.3. The summed E-state index contributed by atoms with van der Waals surface area (Å²) in [6.45, 7) is 12.9. The van der Waals surface area contributed by atoms with Crippen LogP contribution in [0, 0.1) is 5.92 Å². The topological polar surface area (TPSA) is 90.2 Å². The largest absolute Gasteiger partial charge is 0.389 e. The molecule has 0 aromatic heterocycles. The van der Waals surface area contributed by atoms with E-state index in [1.165, 1.54) is 6.08 Å². The molecule has 0 radical (unpaired) electrons. The predicted molar refractivity (Wildman–Crippen MR) is 97.1 cm³/mol. The molecule has 0 aromatic rings. The van der Waals surface area contributed by atoms with Crippen LogP contribution in [0.3, 0.4) is 0 Å². The lowest BCUT2D eigenvalue weighted by Gasteiger charge is -2.46. The third-order valence-corrected chi connectivity index (χ3v) is 6.08. The smallest absolute Gasteiger partial charge is 0.118 e. The lowest BCUT2D eigenvalue weighted by Crippen LogP contribution is -2.56. The molecule has 144 valence electrons. The van der Waals surface area contributed by atoms with E-state index in [-0.39, 0.29) is 12.0 Å². The van der Waals surface area contributed by atoms with Gasteiger partial charge >= 0.3 is 0 Å². The summed E-state index contributed by atoms with van der Waals surface area (Å²) < 4.78 is 6.18. The highest BCUT2D eigenvalue weighted by Crippen LogP contribution is 2.41. The van der Waals surface area contributed by atoms with Crippen LogP contribution in [0.25, 0.3) is 0 Å². The van der Waals surface area contributed by atoms with Crippen molar-refractivity contribution in [2.45, 2.75) is 95.4 Å². The number of rotatable bonds is 4. The van der Waals surface area contributed by atoms with E-state index < -0.39 is 29.0 Å². The monoisotopic (exact) mass is 354 g/mol. The average Bonchev–Trinajstić information content (AvgIpc) is 2.46. The Kier molecular flexibility index (Phi) is 5.59. The molecule has 0 heterocycles. The molecule has 0 amide bonds. The molecule has 0 bridgehead atoms. The van der Waals surface area contributed by atoms with E-state index >= 15 is 0 Å². The van der Waals surface area contributed by atoms with Crippen molar-refractivity contribution in [3.05, 3.63) is 23.8 Å². The Morgan fingerprint density at radius 1 is 1.32 bits per heavy atom. The molecule has 0 aromatic carbocycles. The minimum absolute atomic E-state index is 0.0935. The lowest BCUT2D eigenvalue weighted by atomic mass is 9.73. The van der Waals surface area contributed by atoms with Gasteiger partial charge in [-0.05, 0) is 50.7 Å². The van der Waals surface area contributed by atoms with Crippen LogP contribution < -0.4 is 0 Å². The van der Waals surface area contributed by atoms with E-state index in [1.54, 1.807) is 20.8 Å². The molecule has 5 unspecified atom stereocenters. The van der Waals surface area contributed by atoms with E-state index in [2.05, 4.69) is 6.58 Å². The Labute approximate surface area is 151 Å². The van der Waals surface area contributed by atoms with Crippen LogP contribution in [-0.2, 0) is 4.74 Å². The minimum atomic E-state index is -1.47. The van der Waals surface area contributed by atoms with Crippen LogP contribution in [0.5, 0.6) is 0 Å². The molecule has 2 rings (SSSR count). The van der Waals surface area contributed by atoms with Gasteiger partial charge in [-0.25, -0.2) is 0 Å². The summed E-state index contributed by atoms with van der Waals surface area (Å²) in [4.78, 5) is 0. The van der Waals surface area contributed by atoms with Crippen LogP contribution in [0.2, 0.25) is 0 Å². The number of hydrogen-bond donors (Lipinski definition) is 4. The van der Waals surface area contributed by atoms with Gasteiger partial charge in [0.1, 0.15) is 11.7 Å². The van der Waals surface area contributed by atoms with Crippen molar-refractivity contribution in [1.29, 1.82) is 0 Å². The molecular weight excluding hydrogens is 320 g/mol. The maximum absolute atomic E-state index is 10.8. The highest BCUT2D eigenvalue weighted by atomic mass is 16.5. The number of aliphatic hydroxyl groups is 4. The summed E-state index contributed by atoms with van der Waals surface area (Å²) in [5.41, 5.74) is -1.85. The molecule has 1 saturated carbocycles. The fourth-order valence-corrected chi connectivity index (χ4v) is 3.64. The van der Waals surface area contributed by atoms with Gasteiger partial charge in [0.25, 0.3) is 0 Å². The van der Waals surface area contributed by atoms with Gasteiger partial charge in [0.15, 0.2) is 0 Å². The van der Waals surface area contributed by atoms with Crippen molar-refractivity contribution in [3.8, 4) is 0 Å². The second kappa shape index (κ2) is 6.78. The molecule has 25 heavy (non-hydrogen) atoms. The van der Waals surface area contributed by atoms with E-state index in [0.29, 0.717) is 31.3 Å². The van der Waals surface area contributed by atoms with Crippen molar-refractivity contribution in [3.63, 3.8) is 0 Å². The highest BCUT2D eigenvalue weighted by Gasteiger charge is 2.47. The fraction of sp³-hybridized carbons (Fsp3) is 0.800. The average molecular weight is 354 g/mol. The van der Waals surface area contributed by atoms with Gasteiger partial charge in [0.05, 0.1) is 23.4 Å². The zero-order valence-electron chi connectivity index (χ0n) is 16.1. The predicted octanol–water partition coefficient (Wildman–Crippen LogP) is 2.08. The standard InChI is InChI=1S/C20H34O5/c1-12(2)20(24)8-7-13(3)15(11-20)25-17-10-14(18(4,5)22)9-16(21)19(17,6)23/h9,12,15-17,21-24H,3,7-8,10-11H2,1-2,4-6H3. The maximum atomic E-state index is 10.8. The van der Waals surface area contributed by atoms with Crippen molar-refractivity contribution in [2.24, 2.45) is 5.92 Å². The Balaban J connectivity index is 2.22. The van der Waals surface area contributed by atoms with Crippen LogP contribution in [0.15, 0.2) is 23.8 Å². The van der Waals surface area contributed by atoms with E-state index in [9.17, 15) is 20.4 Å². The Morgan fingerprint density at radius 2 is 1.92 bits per heavy atom. The fourth-order valence-electron chi connectivity index (χ4n) is 3.64. The van der Waals surface area contributed by atoms with Crippen LogP contribution in [-0.4, -0.2) is 55.5 Å². The van der Waals surface area contributed by atoms with E-state index in [4.69, 9.17) is 4.74 Å². The molecule has 2 aliphatic carbocycles. The number of ether oxygens (including phenoxy) is 1. The van der Waals surface area contributed by atoms with Gasteiger partial charge in [0.2, 0.25) is 0 Å². The molecule has 0 saturated heterocycles. The molecule has 0 aliphatic heterocycles. The van der Waals surface area contributed by atoms with Crippen molar-refractivity contribution in [2.75, 3.05) is 0 Å². The Morgan fingerprint density at radius 3 is 2.44 bits per heavy atom. The van der Waals surface area contributed by atoms with Crippen molar-refractivity contribution < 1.29 is 25.2 Å². The molecule has 5 atom stereocenters. The van der Waals surface area contributed by atoms with Gasteiger partial charge in [-0.15, -0.1) is 0 Å². The van der Waals surface area contributed by atoms with Crippen LogP contribution in [0.1, 0.15) is 60.3 Å². The third kappa shape index (κ3) is 4.17. The minimum Gasteiger partial charge on any atom is -0.389 e. The summed E-state index contributed by atoms with van der Waals surface area (Å²) in [7, 11) is 0. The summed E-state index contributed by atoms with van der Waals surface area (Å²) in [5, 5.41) is 42.2. The van der Waals surface area contributed by atoms with Gasteiger partial charge in [-0.3, -0.25) is 0 Å². The first kappa shape index (κ1) is 20.6.